The summed E-state index contributed by atoms with van der Waals surface area (Å²) in [6, 6.07) is 46.1. The Hall–Kier alpha value is -4.10. The lowest BCUT2D eigenvalue weighted by Crippen LogP contribution is -1.92. The molecule has 6 aromatic rings. The van der Waals surface area contributed by atoms with Crippen LogP contribution in [0.4, 0.5) is 0 Å². The lowest BCUT2D eigenvalue weighted by Gasteiger charge is -2.08. The van der Waals surface area contributed by atoms with E-state index in [1.54, 1.807) is 0 Å². The van der Waals surface area contributed by atoms with Gasteiger partial charge in [0.25, 0.3) is 0 Å². The minimum absolute atomic E-state index is 1.11. The normalized spacial score (nSPS) is 11.3. The van der Waals surface area contributed by atoms with Crippen LogP contribution in [0.3, 0.4) is 0 Å². The highest BCUT2D eigenvalue weighted by Gasteiger charge is 2.12. The van der Waals surface area contributed by atoms with Crippen molar-refractivity contribution in [2.45, 2.75) is 19.3 Å². The molecule has 0 aliphatic carbocycles. The van der Waals surface area contributed by atoms with Crippen molar-refractivity contribution < 1.29 is 0 Å². The summed E-state index contributed by atoms with van der Waals surface area (Å²) in [4.78, 5) is 0. The van der Waals surface area contributed by atoms with Gasteiger partial charge in [0.15, 0.2) is 0 Å². The number of hydrogen-bond acceptors (Lipinski definition) is 0. The van der Waals surface area contributed by atoms with E-state index in [0.717, 1.165) is 12.8 Å². The summed E-state index contributed by atoms with van der Waals surface area (Å²) in [5.74, 6) is 0. The van der Waals surface area contributed by atoms with Gasteiger partial charge in [-0.25, -0.2) is 0 Å². The number of aromatic nitrogens is 1. The summed E-state index contributed by atoms with van der Waals surface area (Å²) < 4.78 is 2.37. The van der Waals surface area contributed by atoms with Crippen LogP contribution in [0.1, 0.15) is 17.5 Å². The van der Waals surface area contributed by atoms with Crippen LogP contribution >= 0.6 is 0 Å². The summed E-state index contributed by atoms with van der Waals surface area (Å²) in [6.45, 7) is 0. The van der Waals surface area contributed by atoms with Crippen molar-refractivity contribution in [1.29, 1.82) is 0 Å². The Labute approximate surface area is 200 Å². The van der Waals surface area contributed by atoms with E-state index >= 15 is 0 Å². The number of fused-ring (bicyclic) bond motifs is 3. The summed E-state index contributed by atoms with van der Waals surface area (Å²) >= 11 is 0. The Morgan fingerprint density at radius 2 is 1.03 bits per heavy atom. The fourth-order valence-electron chi connectivity index (χ4n) is 5.01. The van der Waals surface area contributed by atoms with Crippen molar-refractivity contribution in [1.82, 2.24) is 4.57 Å². The molecule has 0 fully saturated rings. The summed E-state index contributed by atoms with van der Waals surface area (Å²) in [5.41, 5.74) is 9.04. The van der Waals surface area contributed by atoms with E-state index in [2.05, 4.69) is 132 Å². The van der Waals surface area contributed by atoms with Crippen LogP contribution < -0.4 is 0 Å². The molecule has 164 valence electrons. The van der Waals surface area contributed by atoms with E-state index in [1.807, 2.05) is 0 Å². The minimum atomic E-state index is 1.11. The molecule has 1 nitrogen and oxygen atoms in total. The third-order valence-electron chi connectivity index (χ3n) is 6.75. The van der Waals surface area contributed by atoms with E-state index in [1.165, 1.54) is 56.2 Å². The molecule has 0 saturated heterocycles. The van der Waals surface area contributed by atoms with Crippen LogP contribution in [0.5, 0.6) is 0 Å². The van der Waals surface area contributed by atoms with Gasteiger partial charge in [0, 0.05) is 16.5 Å². The monoisotopic (exact) mass is 437 g/mol. The van der Waals surface area contributed by atoms with Gasteiger partial charge in [0.2, 0.25) is 0 Å². The predicted octanol–water partition coefficient (Wildman–Crippen LogP) is 8.63. The molecule has 0 aliphatic heterocycles. The van der Waals surface area contributed by atoms with E-state index in [0.29, 0.717) is 0 Å². The van der Waals surface area contributed by atoms with Gasteiger partial charge in [-0.3, -0.25) is 0 Å². The molecule has 0 saturated carbocycles. The van der Waals surface area contributed by atoms with E-state index in [-0.39, 0.29) is 0 Å². The smallest absolute Gasteiger partial charge is 0.0541 e. The number of nitrogens with zero attached hydrogens (tertiary/aromatic N) is 1. The quantitative estimate of drug-likeness (QED) is 0.246. The Morgan fingerprint density at radius 1 is 0.441 bits per heavy atom. The molecule has 1 aromatic heterocycles. The molecule has 1 heteroatoms. The van der Waals surface area contributed by atoms with Gasteiger partial charge in [-0.2, -0.15) is 0 Å². The first-order chi connectivity index (χ1) is 16.9. The van der Waals surface area contributed by atoms with Gasteiger partial charge < -0.3 is 4.57 Å². The SMILES string of the molecule is c1ccc(CCCc2ccc(-c3ccc4c(c3)c3ccccc3n4-c3ccccc3)cc2)cc1. The van der Waals surface area contributed by atoms with Crippen LogP contribution in [0.15, 0.2) is 127 Å². The molecule has 34 heavy (non-hydrogen) atoms. The second-order valence-electron chi connectivity index (χ2n) is 8.96. The molecule has 0 amide bonds. The van der Waals surface area contributed by atoms with E-state index in [4.69, 9.17) is 0 Å². The maximum absolute atomic E-state index is 2.37. The second kappa shape index (κ2) is 9.03. The Kier molecular flexibility index (Phi) is 5.45. The average molecular weight is 438 g/mol. The van der Waals surface area contributed by atoms with Crippen LogP contribution in [0.2, 0.25) is 0 Å². The third kappa shape index (κ3) is 3.91. The van der Waals surface area contributed by atoms with Gasteiger partial charge >= 0.3 is 0 Å². The van der Waals surface area contributed by atoms with Crippen molar-refractivity contribution in [2.24, 2.45) is 0 Å². The number of benzene rings is 5. The average Bonchev–Trinajstić information content (AvgIpc) is 3.24. The zero-order chi connectivity index (χ0) is 22.7. The molecule has 1 heterocycles. The molecule has 5 aromatic carbocycles. The van der Waals surface area contributed by atoms with Gasteiger partial charge in [0.05, 0.1) is 11.0 Å². The van der Waals surface area contributed by atoms with Crippen LogP contribution in [0.25, 0.3) is 38.6 Å². The molecule has 0 atom stereocenters. The maximum Gasteiger partial charge on any atom is 0.0541 e. The summed E-state index contributed by atoms with van der Waals surface area (Å²) in [6.07, 6.45) is 3.41. The molecule has 0 unspecified atom stereocenters. The zero-order valence-electron chi connectivity index (χ0n) is 19.2. The van der Waals surface area contributed by atoms with Gasteiger partial charge in [0.1, 0.15) is 0 Å². The Balaban J connectivity index is 1.30. The molecule has 0 spiro atoms. The highest BCUT2D eigenvalue weighted by Crippen LogP contribution is 2.34. The fourth-order valence-corrected chi connectivity index (χ4v) is 5.01. The van der Waals surface area contributed by atoms with Crippen molar-refractivity contribution in [3.63, 3.8) is 0 Å². The van der Waals surface area contributed by atoms with Crippen LogP contribution in [-0.4, -0.2) is 4.57 Å². The Bertz CT molecular complexity index is 1540. The zero-order valence-corrected chi connectivity index (χ0v) is 19.2. The van der Waals surface area contributed by atoms with Crippen molar-refractivity contribution in [3.8, 4) is 16.8 Å². The van der Waals surface area contributed by atoms with Crippen molar-refractivity contribution >= 4 is 21.8 Å². The number of hydrogen-bond donors (Lipinski definition) is 0. The first-order valence-electron chi connectivity index (χ1n) is 12.1. The van der Waals surface area contributed by atoms with E-state index in [9.17, 15) is 0 Å². The fraction of sp³-hybridized carbons (Fsp3) is 0.0909. The lowest BCUT2D eigenvalue weighted by atomic mass is 9.99. The highest BCUT2D eigenvalue weighted by atomic mass is 15.0. The molecule has 0 bridgehead atoms. The third-order valence-corrected chi connectivity index (χ3v) is 6.75. The first-order valence-corrected chi connectivity index (χ1v) is 12.1. The van der Waals surface area contributed by atoms with Gasteiger partial charge in [-0.1, -0.05) is 97.1 Å². The van der Waals surface area contributed by atoms with E-state index < -0.39 is 0 Å². The van der Waals surface area contributed by atoms with Gasteiger partial charge in [-0.15, -0.1) is 0 Å². The minimum Gasteiger partial charge on any atom is -0.309 e. The van der Waals surface area contributed by atoms with Crippen LogP contribution in [0, 0.1) is 0 Å². The number of aryl methyl sites for hydroxylation is 2. The molecule has 0 N–H and O–H groups in total. The Morgan fingerprint density at radius 3 is 1.79 bits per heavy atom. The summed E-state index contributed by atoms with van der Waals surface area (Å²) in [7, 11) is 0. The highest BCUT2D eigenvalue weighted by molar-refractivity contribution is 6.10. The number of rotatable bonds is 6. The topological polar surface area (TPSA) is 4.93 Å². The molecular formula is C33H27N. The standard InChI is InChI=1S/C33H27N/c1-3-10-25(11-4-1)12-9-13-26-18-20-27(21-19-26)28-22-23-33-31(24-28)30-16-7-8-17-32(30)34(33)29-14-5-2-6-15-29/h1-8,10-11,14-24H,9,12-13H2. The predicted molar refractivity (Wildman–Crippen MR) is 145 cm³/mol. The molecule has 0 aliphatic rings. The summed E-state index contributed by atoms with van der Waals surface area (Å²) in [5, 5.41) is 2.59. The molecular weight excluding hydrogens is 410 g/mol. The van der Waals surface area contributed by atoms with Crippen molar-refractivity contribution in [3.05, 3.63) is 139 Å². The van der Waals surface area contributed by atoms with Crippen LogP contribution in [-0.2, 0) is 12.8 Å². The van der Waals surface area contributed by atoms with Gasteiger partial charge in [-0.05, 0) is 71.8 Å². The van der Waals surface area contributed by atoms with Crippen molar-refractivity contribution in [2.75, 3.05) is 0 Å². The largest absolute Gasteiger partial charge is 0.309 e. The first kappa shape index (κ1) is 20.5. The lowest BCUT2D eigenvalue weighted by molar-refractivity contribution is 0.821. The molecule has 0 radical (unpaired) electrons. The second-order valence-corrected chi connectivity index (χ2v) is 8.96. The number of para-hydroxylation sites is 2. The molecule has 6 rings (SSSR count). The maximum atomic E-state index is 2.37.